The van der Waals surface area contributed by atoms with Crippen molar-refractivity contribution in [3.8, 4) is 11.5 Å². The minimum atomic E-state index is -0.996. The van der Waals surface area contributed by atoms with Crippen molar-refractivity contribution in [2.24, 2.45) is 0 Å². The van der Waals surface area contributed by atoms with Gasteiger partial charge >= 0.3 is 6.09 Å². The number of nitrogens with zero attached hydrogens (tertiary/aromatic N) is 1. The summed E-state index contributed by atoms with van der Waals surface area (Å²) in [6, 6.07) is 15.9. The maximum Gasteiger partial charge on any atom is 0.404 e. The van der Waals surface area contributed by atoms with Gasteiger partial charge in [-0.25, -0.2) is 4.79 Å². The molecule has 2 N–H and O–H groups in total. The number of amides is 1. The number of hydrogen-bond donors (Lipinski definition) is 2. The smallest absolute Gasteiger partial charge is 0.404 e. The standard InChI is InChI=1S/C21H26N2O4/c1-26-17-7-5-6-16(14-17)21(15-22-20(24)25)10-12-23(13-11-21)18-8-3-4-9-19(18)27-2/h3-9,14,22H,10-13,15H2,1-2H3,(H,24,25). The highest BCUT2D eigenvalue weighted by Crippen LogP contribution is 2.39. The first-order valence-electron chi connectivity index (χ1n) is 9.07. The van der Waals surface area contributed by atoms with E-state index in [1.54, 1.807) is 14.2 Å². The Morgan fingerprint density at radius 3 is 2.52 bits per heavy atom. The third-order valence-electron chi connectivity index (χ3n) is 5.41. The Balaban J connectivity index is 1.85. The van der Waals surface area contributed by atoms with Crippen LogP contribution in [0.15, 0.2) is 48.5 Å². The van der Waals surface area contributed by atoms with Gasteiger partial charge in [-0.1, -0.05) is 24.3 Å². The van der Waals surface area contributed by atoms with E-state index in [4.69, 9.17) is 14.6 Å². The zero-order valence-corrected chi connectivity index (χ0v) is 15.8. The highest BCUT2D eigenvalue weighted by atomic mass is 16.5. The van der Waals surface area contributed by atoms with Gasteiger partial charge in [-0.3, -0.25) is 0 Å². The molecule has 0 saturated carbocycles. The quantitative estimate of drug-likeness (QED) is 0.814. The number of nitrogens with one attached hydrogen (secondary N) is 1. The van der Waals surface area contributed by atoms with Crippen molar-refractivity contribution in [1.82, 2.24) is 5.32 Å². The van der Waals surface area contributed by atoms with Crippen LogP contribution in [0.5, 0.6) is 11.5 Å². The summed E-state index contributed by atoms with van der Waals surface area (Å²) in [7, 11) is 3.33. The molecule has 1 aliphatic heterocycles. The first kappa shape index (κ1) is 18.9. The van der Waals surface area contributed by atoms with Crippen molar-refractivity contribution < 1.29 is 19.4 Å². The number of carboxylic acid groups (broad SMARTS) is 1. The summed E-state index contributed by atoms with van der Waals surface area (Å²) in [5.41, 5.74) is 1.92. The Morgan fingerprint density at radius 2 is 1.85 bits per heavy atom. The molecule has 1 heterocycles. The molecule has 144 valence electrons. The summed E-state index contributed by atoms with van der Waals surface area (Å²) >= 11 is 0. The minimum Gasteiger partial charge on any atom is -0.497 e. The average Bonchev–Trinajstić information content (AvgIpc) is 2.72. The van der Waals surface area contributed by atoms with Crippen LogP contribution in [0.3, 0.4) is 0 Å². The molecule has 0 bridgehead atoms. The van der Waals surface area contributed by atoms with Crippen LogP contribution in [0.1, 0.15) is 18.4 Å². The van der Waals surface area contributed by atoms with Crippen molar-refractivity contribution in [1.29, 1.82) is 0 Å². The summed E-state index contributed by atoms with van der Waals surface area (Å²) < 4.78 is 10.9. The lowest BCUT2D eigenvalue weighted by atomic mass is 9.72. The van der Waals surface area contributed by atoms with Gasteiger partial charge in [0.05, 0.1) is 19.9 Å². The third kappa shape index (κ3) is 4.10. The second kappa shape index (κ2) is 8.20. The van der Waals surface area contributed by atoms with E-state index in [1.165, 1.54) is 0 Å². The number of ether oxygens (including phenoxy) is 2. The normalized spacial score (nSPS) is 15.9. The van der Waals surface area contributed by atoms with E-state index in [2.05, 4.69) is 22.3 Å². The Kier molecular flexibility index (Phi) is 5.74. The number of benzene rings is 2. The molecule has 6 heteroatoms. The summed E-state index contributed by atoms with van der Waals surface area (Å²) in [6.45, 7) is 2.02. The zero-order chi connectivity index (χ0) is 19.3. The summed E-state index contributed by atoms with van der Waals surface area (Å²) in [5, 5.41) is 11.7. The molecule has 0 aromatic heterocycles. The number of piperidine rings is 1. The third-order valence-corrected chi connectivity index (χ3v) is 5.41. The second-order valence-corrected chi connectivity index (χ2v) is 6.83. The maximum absolute atomic E-state index is 11.1. The Labute approximate surface area is 159 Å². The lowest BCUT2D eigenvalue weighted by molar-refractivity contribution is 0.188. The molecule has 0 aliphatic carbocycles. The van der Waals surface area contributed by atoms with Crippen LogP contribution in [-0.4, -0.2) is 45.1 Å². The molecule has 6 nitrogen and oxygen atoms in total. The molecule has 1 fully saturated rings. The molecule has 0 atom stereocenters. The number of para-hydroxylation sites is 2. The molecule has 1 amide bonds. The van der Waals surface area contributed by atoms with Crippen LogP contribution in [0.25, 0.3) is 0 Å². The number of hydrogen-bond acceptors (Lipinski definition) is 4. The summed E-state index contributed by atoms with van der Waals surface area (Å²) in [6.07, 6.45) is 0.668. The second-order valence-electron chi connectivity index (χ2n) is 6.83. The van der Waals surface area contributed by atoms with Crippen molar-refractivity contribution in [3.05, 3.63) is 54.1 Å². The molecule has 0 radical (unpaired) electrons. The van der Waals surface area contributed by atoms with E-state index in [0.717, 1.165) is 48.7 Å². The molecule has 1 aliphatic rings. The topological polar surface area (TPSA) is 71.0 Å². The van der Waals surface area contributed by atoms with Gasteiger partial charge < -0.3 is 24.8 Å². The molecular weight excluding hydrogens is 344 g/mol. The molecule has 1 saturated heterocycles. The fourth-order valence-electron chi connectivity index (χ4n) is 3.83. The van der Waals surface area contributed by atoms with Crippen LogP contribution in [0, 0.1) is 0 Å². The predicted octanol–water partition coefficient (Wildman–Crippen LogP) is 3.51. The van der Waals surface area contributed by atoms with Crippen molar-refractivity contribution >= 4 is 11.8 Å². The van der Waals surface area contributed by atoms with Gasteiger partial charge in [0.15, 0.2) is 0 Å². The van der Waals surface area contributed by atoms with E-state index < -0.39 is 6.09 Å². The van der Waals surface area contributed by atoms with Gasteiger partial charge in [-0.15, -0.1) is 0 Å². The zero-order valence-electron chi connectivity index (χ0n) is 15.8. The van der Waals surface area contributed by atoms with Crippen LogP contribution in [0.4, 0.5) is 10.5 Å². The summed E-state index contributed by atoms with van der Waals surface area (Å²) in [4.78, 5) is 13.4. The molecule has 3 rings (SSSR count). The molecule has 2 aromatic carbocycles. The van der Waals surface area contributed by atoms with Gasteiger partial charge in [-0.05, 0) is 42.7 Å². The van der Waals surface area contributed by atoms with Gasteiger partial charge in [0.2, 0.25) is 0 Å². The van der Waals surface area contributed by atoms with E-state index in [0.29, 0.717) is 6.54 Å². The van der Waals surface area contributed by atoms with Crippen molar-refractivity contribution in [2.45, 2.75) is 18.3 Å². The molecular formula is C21H26N2O4. The van der Waals surface area contributed by atoms with Crippen LogP contribution < -0.4 is 19.7 Å². The number of carbonyl (C=O) groups is 1. The van der Waals surface area contributed by atoms with E-state index in [9.17, 15) is 4.79 Å². The van der Waals surface area contributed by atoms with Crippen LogP contribution >= 0.6 is 0 Å². The number of rotatable bonds is 6. The van der Waals surface area contributed by atoms with E-state index in [-0.39, 0.29) is 5.41 Å². The Morgan fingerprint density at radius 1 is 1.11 bits per heavy atom. The van der Waals surface area contributed by atoms with Crippen molar-refractivity contribution in [3.63, 3.8) is 0 Å². The van der Waals surface area contributed by atoms with Crippen LogP contribution in [0.2, 0.25) is 0 Å². The predicted molar refractivity (Wildman–Crippen MR) is 105 cm³/mol. The fourth-order valence-corrected chi connectivity index (χ4v) is 3.83. The largest absolute Gasteiger partial charge is 0.497 e. The average molecular weight is 370 g/mol. The molecule has 27 heavy (non-hydrogen) atoms. The minimum absolute atomic E-state index is 0.258. The fraction of sp³-hybridized carbons (Fsp3) is 0.381. The highest BCUT2D eigenvalue weighted by Gasteiger charge is 2.37. The van der Waals surface area contributed by atoms with Gasteiger partial charge in [0, 0.05) is 25.0 Å². The Bertz CT molecular complexity index is 785. The Hall–Kier alpha value is -2.89. The molecule has 0 spiro atoms. The first-order chi connectivity index (χ1) is 13.1. The molecule has 0 unspecified atom stereocenters. The van der Waals surface area contributed by atoms with E-state index in [1.807, 2.05) is 36.4 Å². The maximum atomic E-state index is 11.1. The lowest BCUT2D eigenvalue weighted by Gasteiger charge is -2.43. The van der Waals surface area contributed by atoms with Crippen molar-refractivity contribution in [2.75, 3.05) is 38.8 Å². The number of methoxy groups -OCH3 is 2. The first-order valence-corrected chi connectivity index (χ1v) is 9.07. The van der Waals surface area contributed by atoms with Gasteiger partial charge in [-0.2, -0.15) is 0 Å². The molecule has 2 aromatic rings. The van der Waals surface area contributed by atoms with Crippen LogP contribution in [-0.2, 0) is 5.41 Å². The van der Waals surface area contributed by atoms with Gasteiger partial charge in [0.25, 0.3) is 0 Å². The van der Waals surface area contributed by atoms with Gasteiger partial charge in [0.1, 0.15) is 11.5 Å². The summed E-state index contributed by atoms with van der Waals surface area (Å²) in [5.74, 6) is 1.64. The highest BCUT2D eigenvalue weighted by molar-refractivity contribution is 5.65. The van der Waals surface area contributed by atoms with E-state index >= 15 is 0 Å². The number of anilines is 1. The lowest BCUT2D eigenvalue weighted by Crippen LogP contribution is -2.49. The monoisotopic (exact) mass is 370 g/mol. The SMILES string of the molecule is COc1cccc(C2(CNC(=O)O)CCN(c3ccccc3OC)CC2)c1.